The van der Waals surface area contributed by atoms with Gasteiger partial charge in [0.2, 0.25) is 0 Å². The molecule has 0 N–H and O–H groups in total. The number of allylic oxidation sites excluding steroid dienone is 4. The van der Waals surface area contributed by atoms with Gasteiger partial charge in [0.05, 0.1) is 0 Å². The third-order valence-corrected chi connectivity index (χ3v) is 10.2. The molecule has 2 aliphatic carbocycles. The van der Waals surface area contributed by atoms with E-state index in [2.05, 4.69) is 90.1 Å². The van der Waals surface area contributed by atoms with Gasteiger partial charge in [-0.05, 0) is 28.4 Å². The molecule has 58 heavy (non-hydrogen) atoms. The van der Waals surface area contributed by atoms with Gasteiger partial charge in [0.25, 0.3) is 0 Å². The van der Waals surface area contributed by atoms with E-state index >= 15 is 0 Å². The molecule has 0 saturated carbocycles. The van der Waals surface area contributed by atoms with Crippen LogP contribution in [0.2, 0.25) is 0 Å². The summed E-state index contributed by atoms with van der Waals surface area (Å²) in [6.07, 6.45) is -9.87. The summed E-state index contributed by atoms with van der Waals surface area (Å²) in [6.45, 7) is 13.6. The summed E-state index contributed by atoms with van der Waals surface area (Å²) >= 11 is -0.00108. The summed E-state index contributed by atoms with van der Waals surface area (Å²) in [4.78, 5) is 0. The summed E-state index contributed by atoms with van der Waals surface area (Å²) in [5.74, 6) is 0. The minimum atomic E-state index is -5.22. The average molecular weight is 943 g/mol. The first-order chi connectivity index (χ1) is 25.5. The Morgan fingerprint density at radius 2 is 0.966 bits per heavy atom. The van der Waals surface area contributed by atoms with Gasteiger partial charge in [0, 0.05) is 0 Å². The first kappa shape index (κ1) is 51.0. The van der Waals surface area contributed by atoms with Crippen LogP contribution in [0.4, 0.5) is 52.7 Å². The van der Waals surface area contributed by atoms with Crippen LogP contribution in [0, 0.1) is 12.1 Å². The SMILES string of the molecule is CC(C)(C)c1[c-]c2c(cc1)-c1ccc(C(C)(C)C)cc1C2.FC(F)(F)c1cc([C](=[Zr+2])c2cc(C(F)(F)F)cc(C(F)(F)F)c2)cc(C(F)(F)F)c1.[C-]1=CC=CC1.[Cl-].[Cl-]. The Balaban J connectivity index is 0.000000359. The van der Waals surface area contributed by atoms with E-state index < -0.39 is 61.3 Å². The first-order valence-corrected chi connectivity index (χ1v) is 18.3. The molecule has 0 bridgehead atoms. The molecule has 0 fully saturated rings. The third kappa shape index (κ3) is 13.2. The van der Waals surface area contributed by atoms with E-state index in [9.17, 15) is 52.7 Å². The normalized spacial score (nSPS) is 13.6. The summed E-state index contributed by atoms with van der Waals surface area (Å²) < 4.78 is 155. The molecule has 0 nitrogen and oxygen atoms in total. The molecule has 0 amide bonds. The Labute approximate surface area is 357 Å². The average Bonchev–Trinajstić information content (AvgIpc) is 3.77. The van der Waals surface area contributed by atoms with Crippen LogP contribution in [0.1, 0.15) is 104 Å². The fourth-order valence-corrected chi connectivity index (χ4v) is 6.44. The van der Waals surface area contributed by atoms with Gasteiger partial charge in [-0.1, -0.05) is 65.3 Å². The van der Waals surface area contributed by atoms with Crippen LogP contribution >= 0.6 is 0 Å². The second-order valence-electron chi connectivity index (χ2n) is 15.3. The van der Waals surface area contributed by atoms with E-state index in [-0.39, 0.29) is 96.3 Å². The van der Waals surface area contributed by atoms with Gasteiger partial charge >= 0.3 is 175 Å². The number of benzene rings is 4. The van der Waals surface area contributed by atoms with Crippen molar-refractivity contribution in [2.24, 2.45) is 0 Å². The minimum Gasteiger partial charge on any atom is -1.00 e. The smallest absolute Gasteiger partial charge is 0.109 e. The largest absolute Gasteiger partial charge is 1.00 e. The zero-order valence-corrected chi connectivity index (χ0v) is 35.8. The van der Waals surface area contributed by atoms with Crippen LogP contribution in [0.15, 0.2) is 85.0 Å². The van der Waals surface area contributed by atoms with Gasteiger partial charge in [-0.25, -0.2) is 12.2 Å². The van der Waals surface area contributed by atoms with E-state index in [0.29, 0.717) is 0 Å². The summed E-state index contributed by atoms with van der Waals surface area (Å²) in [5, 5.41) is 0. The fraction of sp³-hybridized carbons (Fsp3) is 0.326. The van der Waals surface area contributed by atoms with Gasteiger partial charge in [0.15, 0.2) is 0 Å². The molecule has 4 aromatic carbocycles. The zero-order chi connectivity index (χ0) is 42.2. The monoisotopic (exact) mass is 940 g/mol. The molecular formula is C43H36Cl2F12Zr-2. The molecule has 6 rings (SSSR count). The Hall–Kier alpha value is -3.15. The van der Waals surface area contributed by atoms with Crippen LogP contribution < -0.4 is 24.8 Å². The van der Waals surface area contributed by atoms with Crippen molar-refractivity contribution in [3.05, 3.63) is 153 Å². The Morgan fingerprint density at radius 1 is 0.534 bits per heavy atom. The van der Waals surface area contributed by atoms with Crippen molar-refractivity contribution < 1.29 is 102 Å². The number of alkyl halides is 12. The minimum absolute atomic E-state index is 0. The molecule has 15 heteroatoms. The van der Waals surface area contributed by atoms with E-state index in [1.165, 1.54) is 33.4 Å². The number of fused-ring (bicyclic) bond motifs is 3. The van der Waals surface area contributed by atoms with Crippen LogP contribution in [0.3, 0.4) is 0 Å². The molecule has 0 atom stereocenters. The number of halogens is 14. The maximum atomic E-state index is 13.0. The Kier molecular flexibility index (Phi) is 16.4. The van der Waals surface area contributed by atoms with Crippen molar-refractivity contribution >= 4 is 3.21 Å². The van der Waals surface area contributed by atoms with E-state index in [4.69, 9.17) is 0 Å². The van der Waals surface area contributed by atoms with Gasteiger partial charge in [0.1, 0.15) is 0 Å². The molecule has 2 aliphatic rings. The number of hydrogen-bond acceptors (Lipinski definition) is 0. The van der Waals surface area contributed by atoms with Gasteiger partial charge in [-0.15, -0.1) is 17.5 Å². The quantitative estimate of drug-likeness (QED) is 0.125. The fourth-order valence-electron chi connectivity index (χ4n) is 5.73. The molecule has 0 aliphatic heterocycles. The summed E-state index contributed by atoms with van der Waals surface area (Å²) in [7, 11) is 0. The Bertz CT molecular complexity index is 1930. The van der Waals surface area contributed by atoms with Crippen LogP contribution in [0.5, 0.6) is 0 Å². The van der Waals surface area contributed by atoms with E-state index in [1.54, 1.807) is 0 Å². The molecule has 0 radical (unpaired) electrons. The van der Waals surface area contributed by atoms with E-state index in [0.717, 1.165) is 12.8 Å². The van der Waals surface area contributed by atoms with Crippen LogP contribution in [-0.4, -0.2) is 3.21 Å². The molecule has 312 valence electrons. The molecule has 0 unspecified atom stereocenters. The second-order valence-corrected chi connectivity index (χ2v) is 16.5. The summed E-state index contributed by atoms with van der Waals surface area (Å²) in [6, 6.07) is 15.8. The number of hydrogen-bond donors (Lipinski definition) is 0. The molecule has 0 aromatic heterocycles. The van der Waals surface area contributed by atoms with Crippen molar-refractivity contribution in [3.63, 3.8) is 0 Å². The molecule has 0 spiro atoms. The molecule has 4 aromatic rings. The maximum Gasteiger partial charge on any atom is -0.109 e. The van der Waals surface area contributed by atoms with Crippen molar-refractivity contribution in [1.29, 1.82) is 0 Å². The van der Waals surface area contributed by atoms with Crippen LogP contribution in [-0.2, 0) is 66.2 Å². The number of rotatable bonds is 2. The van der Waals surface area contributed by atoms with Gasteiger partial charge in [-0.2, -0.15) is 29.8 Å². The predicted molar refractivity (Wildman–Crippen MR) is 189 cm³/mol. The maximum absolute atomic E-state index is 13.0. The van der Waals surface area contributed by atoms with Crippen molar-refractivity contribution in [2.45, 2.75) is 89.9 Å². The summed E-state index contributed by atoms with van der Waals surface area (Å²) in [5.41, 5.74) is 0.165. The van der Waals surface area contributed by atoms with Crippen molar-refractivity contribution in [3.8, 4) is 11.1 Å². The van der Waals surface area contributed by atoms with Gasteiger partial charge < -0.3 is 24.8 Å². The standard InChI is InChI=1S/C21H25.C17H6F12.C5H5.2ClH.Zr/c1-20(2,3)16-7-9-18-14(12-16)11-15-13-17(21(4,5)6)8-10-19(15)18;18-14(19,20)10-2-8(3-11(6-10)15(21,22)23)1-9-4-12(16(24,25)26)7-13(5-9)17(27,28)29;1-2-4-5-3-1;;;/h7-10,12H,11H2,1-6H3;2-7H;1-3H,4H2;2*1H;/q-1;;-1;;;+2/p-2. The zero-order valence-electron chi connectivity index (χ0n) is 31.8. The molecule has 0 saturated heterocycles. The molecule has 0 heterocycles. The van der Waals surface area contributed by atoms with E-state index in [1.807, 2.05) is 12.2 Å². The van der Waals surface area contributed by atoms with Crippen molar-refractivity contribution in [2.75, 3.05) is 0 Å². The second kappa shape index (κ2) is 18.6. The Morgan fingerprint density at radius 3 is 1.29 bits per heavy atom. The van der Waals surface area contributed by atoms with Gasteiger partial charge in [-0.3, -0.25) is 6.08 Å². The van der Waals surface area contributed by atoms with Crippen molar-refractivity contribution in [1.82, 2.24) is 0 Å². The molecular weight excluding hydrogens is 907 g/mol. The first-order valence-electron chi connectivity index (χ1n) is 17.1. The third-order valence-electron chi connectivity index (χ3n) is 8.80. The predicted octanol–water partition coefficient (Wildman–Crippen LogP) is 7.84. The van der Waals surface area contributed by atoms with Crippen LogP contribution in [0.25, 0.3) is 11.1 Å². The topological polar surface area (TPSA) is 0 Å².